The van der Waals surface area contributed by atoms with Crippen LogP contribution in [0, 0.1) is 0 Å². The van der Waals surface area contributed by atoms with Crippen LogP contribution in [0.1, 0.15) is 38.3 Å². The van der Waals surface area contributed by atoms with Gasteiger partial charge in [-0.05, 0) is 51.0 Å². The maximum Gasteiger partial charge on any atom is 0.414 e. The average molecular weight is 337 g/mol. The van der Waals surface area contributed by atoms with Crippen LogP contribution in [-0.2, 0) is 17.7 Å². The van der Waals surface area contributed by atoms with Crippen molar-refractivity contribution in [3.63, 3.8) is 0 Å². The van der Waals surface area contributed by atoms with Crippen molar-refractivity contribution in [1.29, 1.82) is 0 Å². The molecule has 1 N–H and O–H groups in total. The zero-order chi connectivity index (χ0) is 16.9. The van der Waals surface area contributed by atoms with Crippen molar-refractivity contribution in [3.05, 3.63) is 29.3 Å². The predicted molar refractivity (Wildman–Crippen MR) is 98.4 cm³/mol. The molecule has 0 aromatic heterocycles. The molecule has 1 aliphatic heterocycles. The van der Waals surface area contributed by atoms with Crippen molar-refractivity contribution in [1.82, 2.24) is 5.32 Å². The van der Waals surface area contributed by atoms with Crippen LogP contribution in [-0.4, -0.2) is 36.8 Å². The van der Waals surface area contributed by atoms with Gasteiger partial charge in [-0.15, -0.1) is 0 Å². The molecule has 1 aromatic carbocycles. The van der Waals surface area contributed by atoms with Crippen LogP contribution in [0.3, 0.4) is 0 Å². The number of aryl methyl sites for hydroxylation is 1. The summed E-state index contributed by atoms with van der Waals surface area (Å²) in [7, 11) is 0. The lowest BCUT2D eigenvalue weighted by molar-refractivity contribution is 0.0577. The zero-order valence-corrected chi connectivity index (χ0v) is 15.5. The quantitative estimate of drug-likeness (QED) is 0.830. The molecule has 0 atom stereocenters. The van der Waals surface area contributed by atoms with Gasteiger partial charge in [0.05, 0.1) is 5.69 Å². The van der Waals surface area contributed by atoms with Gasteiger partial charge >= 0.3 is 6.09 Å². The minimum absolute atomic E-state index is 0.241. The van der Waals surface area contributed by atoms with Gasteiger partial charge in [0.15, 0.2) is 0 Å². The lowest BCUT2D eigenvalue weighted by Crippen LogP contribution is -2.40. The lowest BCUT2D eigenvalue weighted by atomic mass is 9.98. The van der Waals surface area contributed by atoms with Gasteiger partial charge in [0.1, 0.15) is 5.60 Å². The van der Waals surface area contributed by atoms with Crippen molar-refractivity contribution in [3.8, 4) is 0 Å². The average Bonchev–Trinajstić information content (AvgIpc) is 2.49. The monoisotopic (exact) mass is 336 g/mol. The molecule has 0 radical (unpaired) electrons. The second-order valence-corrected chi connectivity index (χ2v) is 7.82. The Morgan fingerprint density at radius 2 is 2.17 bits per heavy atom. The SMILES string of the molecule is CSCCNCc1cccc2c1N(C(=O)OC(C)(C)C)CCC2. The maximum absolute atomic E-state index is 12.6. The largest absolute Gasteiger partial charge is 0.443 e. The van der Waals surface area contributed by atoms with E-state index >= 15 is 0 Å². The fraction of sp³-hybridized carbons (Fsp3) is 0.611. The Hall–Kier alpha value is -1.20. The van der Waals surface area contributed by atoms with Crippen molar-refractivity contribution in [2.75, 3.05) is 30.0 Å². The van der Waals surface area contributed by atoms with Crippen molar-refractivity contribution < 1.29 is 9.53 Å². The van der Waals surface area contributed by atoms with Gasteiger partial charge in [0.2, 0.25) is 0 Å². The van der Waals surface area contributed by atoms with E-state index in [-0.39, 0.29) is 6.09 Å². The molecule has 1 aromatic rings. The van der Waals surface area contributed by atoms with Crippen molar-refractivity contribution in [2.24, 2.45) is 0 Å². The number of hydrogen-bond donors (Lipinski definition) is 1. The molecule has 0 spiro atoms. The molecule has 1 amide bonds. The molecule has 0 saturated heterocycles. The summed E-state index contributed by atoms with van der Waals surface area (Å²) < 4.78 is 5.60. The first-order valence-corrected chi connectivity index (χ1v) is 9.62. The molecule has 0 aliphatic carbocycles. The highest BCUT2D eigenvalue weighted by atomic mass is 32.2. The zero-order valence-electron chi connectivity index (χ0n) is 14.6. The van der Waals surface area contributed by atoms with Crippen molar-refractivity contribution >= 4 is 23.5 Å². The van der Waals surface area contributed by atoms with Crippen LogP contribution in [0.4, 0.5) is 10.5 Å². The predicted octanol–water partition coefficient (Wildman–Crippen LogP) is 3.83. The van der Waals surface area contributed by atoms with E-state index in [9.17, 15) is 4.79 Å². The molecule has 0 saturated carbocycles. The van der Waals surface area contributed by atoms with Crippen LogP contribution in [0.15, 0.2) is 18.2 Å². The summed E-state index contributed by atoms with van der Waals surface area (Å²) in [4.78, 5) is 14.4. The van der Waals surface area contributed by atoms with Gasteiger partial charge in [-0.25, -0.2) is 4.79 Å². The van der Waals surface area contributed by atoms with E-state index in [2.05, 4.69) is 29.8 Å². The van der Waals surface area contributed by atoms with Crippen LogP contribution in [0.25, 0.3) is 0 Å². The van der Waals surface area contributed by atoms with Crippen LogP contribution in [0.2, 0.25) is 0 Å². The number of carbonyl (C=O) groups is 1. The summed E-state index contributed by atoms with van der Waals surface area (Å²) >= 11 is 1.83. The van der Waals surface area contributed by atoms with E-state index < -0.39 is 5.60 Å². The van der Waals surface area contributed by atoms with Gasteiger partial charge in [-0.2, -0.15) is 11.8 Å². The lowest BCUT2D eigenvalue weighted by Gasteiger charge is -2.33. The minimum Gasteiger partial charge on any atom is -0.443 e. The molecule has 5 heteroatoms. The highest BCUT2D eigenvalue weighted by Gasteiger charge is 2.28. The number of thioether (sulfide) groups is 1. The highest BCUT2D eigenvalue weighted by molar-refractivity contribution is 7.98. The molecule has 4 nitrogen and oxygen atoms in total. The van der Waals surface area contributed by atoms with Crippen LogP contribution < -0.4 is 10.2 Å². The number of benzene rings is 1. The topological polar surface area (TPSA) is 41.6 Å². The molecule has 128 valence electrons. The van der Waals surface area contributed by atoms with E-state index in [1.54, 1.807) is 0 Å². The molecule has 0 unspecified atom stereocenters. The third-order valence-electron chi connectivity index (χ3n) is 3.71. The minimum atomic E-state index is -0.472. The van der Waals surface area contributed by atoms with Gasteiger partial charge in [0.25, 0.3) is 0 Å². The van der Waals surface area contributed by atoms with Gasteiger partial charge < -0.3 is 10.1 Å². The Morgan fingerprint density at radius 1 is 1.39 bits per heavy atom. The van der Waals surface area contributed by atoms with Gasteiger partial charge in [-0.1, -0.05) is 18.2 Å². The second-order valence-electron chi connectivity index (χ2n) is 6.83. The number of carbonyl (C=O) groups excluding carboxylic acids is 1. The molecule has 1 heterocycles. The number of anilines is 1. The summed E-state index contributed by atoms with van der Waals surface area (Å²) in [6.07, 6.45) is 3.87. The maximum atomic E-state index is 12.6. The van der Waals surface area contributed by atoms with Crippen LogP contribution >= 0.6 is 11.8 Å². The summed E-state index contributed by atoms with van der Waals surface area (Å²) in [6, 6.07) is 6.31. The Bertz CT molecular complexity index is 540. The van der Waals surface area contributed by atoms with E-state index in [0.29, 0.717) is 0 Å². The normalized spacial score (nSPS) is 14.5. The Kier molecular flexibility index (Phi) is 6.36. The smallest absolute Gasteiger partial charge is 0.414 e. The Labute approximate surface area is 144 Å². The number of fused-ring (bicyclic) bond motifs is 1. The van der Waals surface area contributed by atoms with Crippen molar-refractivity contribution in [2.45, 2.75) is 45.8 Å². The Morgan fingerprint density at radius 3 is 2.87 bits per heavy atom. The number of amides is 1. The molecule has 1 aliphatic rings. The molecule has 0 fully saturated rings. The fourth-order valence-corrected chi connectivity index (χ4v) is 3.12. The summed E-state index contributed by atoms with van der Waals surface area (Å²) in [5.74, 6) is 1.09. The van der Waals surface area contributed by atoms with Gasteiger partial charge in [-0.3, -0.25) is 4.90 Å². The molecular formula is C18H28N2O2S. The first-order valence-electron chi connectivity index (χ1n) is 8.23. The third-order valence-corrected chi connectivity index (χ3v) is 4.33. The molecule has 0 bridgehead atoms. The number of ether oxygens (including phenoxy) is 1. The fourth-order valence-electron chi connectivity index (χ4n) is 2.77. The Balaban J connectivity index is 2.19. The van der Waals surface area contributed by atoms with E-state index in [4.69, 9.17) is 4.74 Å². The number of hydrogen-bond acceptors (Lipinski definition) is 4. The summed E-state index contributed by atoms with van der Waals surface area (Å²) in [6.45, 7) is 8.20. The van der Waals surface area contributed by atoms with E-state index in [1.165, 1.54) is 11.1 Å². The summed E-state index contributed by atoms with van der Waals surface area (Å²) in [5.41, 5.74) is 2.99. The first kappa shape index (κ1) is 18.1. The van der Waals surface area contributed by atoms with Crippen LogP contribution in [0.5, 0.6) is 0 Å². The second kappa shape index (κ2) is 8.06. The number of rotatable bonds is 5. The number of nitrogens with zero attached hydrogens (tertiary/aromatic N) is 1. The first-order chi connectivity index (χ1) is 10.9. The number of nitrogens with one attached hydrogen (secondary N) is 1. The highest BCUT2D eigenvalue weighted by Crippen LogP contribution is 2.32. The van der Waals surface area contributed by atoms with Gasteiger partial charge in [0, 0.05) is 25.4 Å². The molecule has 23 heavy (non-hydrogen) atoms. The molecule has 2 rings (SSSR count). The number of para-hydroxylation sites is 1. The molecular weight excluding hydrogens is 308 g/mol. The third kappa shape index (κ3) is 5.15. The standard InChI is InChI=1S/C18H28N2O2S/c1-18(2,3)22-17(21)20-11-6-9-14-7-5-8-15(16(14)20)13-19-10-12-23-4/h5,7-8,19H,6,9-13H2,1-4H3. The summed E-state index contributed by atoms with van der Waals surface area (Å²) in [5, 5.41) is 3.46. The van der Waals surface area contributed by atoms with E-state index in [1.807, 2.05) is 37.4 Å². The van der Waals surface area contributed by atoms with E-state index in [0.717, 1.165) is 43.9 Å².